The van der Waals surface area contributed by atoms with E-state index in [1.165, 1.54) is 0 Å². The first-order valence-electron chi connectivity index (χ1n) is 4.47. The van der Waals surface area contributed by atoms with Crippen molar-refractivity contribution in [3.63, 3.8) is 0 Å². The van der Waals surface area contributed by atoms with E-state index in [4.69, 9.17) is 27.3 Å². The maximum absolute atomic E-state index is 8.40. The van der Waals surface area contributed by atoms with Crippen LogP contribution in [0.4, 0.5) is 0 Å². The van der Waals surface area contributed by atoms with Gasteiger partial charge in [0, 0.05) is 5.02 Å². The summed E-state index contributed by atoms with van der Waals surface area (Å²) in [6.45, 7) is 2.11. The molecule has 0 spiro atoms. The zero-order valence-corrected chi connectivity index (χ0v) is 9.11. The van der Waals surface area contributed by atoms with E-state index in [1.54, 1.807) is 19.1 Å². The number of ether oxygens (including phenoxy) is 1. The lowest BCUT2D eigenvalue weighted by Gasteiger charge is -2.11. The third kappa shape index (κ3) is 3.77. The van der Waals surface area contributed by atoms with Gasteiger partial charge in [-0.3, -0.25) is 0 Å². The van der Waals surface area contributed by atoms with E-state index in [1.807, 2.05) is 12.1 Å². The first-order chi connectivity index (χ1) is 7.13. The topological polar surface area (TPSA) is 67.8 Å². The summed E-state index contributed by atoms with van der Waals surface area (Å²) < 4.78 is 5.36. The summed E-state index contributed by atoms with van der Waals surface area (Å²) >= 11 is 5.73. The van der Waals surface area contributed by atoms with E-state index in [0.29, 0.717) is 11.6 Å². The van der Waals surface area contributed by atoms with Crippen LogP contribution in [0.1, 0.15) is 12.5 Å². The monoisotopic (exact) mass is 228 g/mol. The molecule has 0 radical (unpaired) electrons. The summed E-state index contributed by atoms with van der Waals surface area (Å²) in [5.41, 5.74) is 6.34. The Morgan fingerprint density at radius 2 is 2.13 bits per heavy atom. The van der Waals surface area contributed by atoms with Gasteiger partial charge in [-0.1, -0.05) is 28.9 Å². The van der Waals surface area contributed by atoms with Crippen LogP contribution < -0.4 is 5.73 Å². The molecule has 0 saturated carbocycles. The van der Waals surface area contributed by atoms with Gasteiger partial charge in [0.1, 0.15) is 6.10 Å². The molecule has 0 aromatic heterocycles. The third-order valence-electron chi connectivity index (χ3n) is 1.95. The smallest absolute Gasteiger partial charge is 0.168 e. The average Bonchev–Trinajstić information content (AvgIpc) is 2.26. The summed E-state index contributed by atoms with van der Waals surface area (Å²) in [6, 6.07) is 7.30. The predicted octanol–water partition coefficient (Wildman–Crippen LogP) is 1.99. The van der Waals surface area contributed by atoms with Gasteiger partial charge in [-0.05, 0) is 24.6 Å². The molecular weight excluding hydrogens is 216 g/mol. The SMILES string of the molecule is CC(OCc1ccc(Cl)cc1)C(N)=NO. The Labute approximate surface area is 93.3 Å². The minimum Gasteiger partial charge on any atom is -0.409 e. The lowest BCUT2D eigenvalue weighted by atomic mass is 10.2. The molecule has 3 N–H and O–H groups in total. The first kappa shape index (κ1) is 11.8. The standard InChI is InChI=1S/C10H13ClN2O2/c1-7(10(12)13-14)15-6-8-2-4-9(11)5-3-8/h2-5,7,14H,6H2,1H3,(H2,12,13). The van der Waals surface area contributed by atoms with Gasteiger partial charge < -0.3 is 15.7 Å². The highest BCUT2D eigenvalue weighted by Crippen LogP contribution is 2.10. The Bertz CT molecular complexity index is 338. The fraction of sp³-hybridized carbons (Fsp3) is 0.300. The number of hydrogen-bond acceptors (Lipinski definition) is 3. The molecule has 0 amide bonds. The molecule has 0 aliphatic rings. The Balaban J connectivity index is 2.47. The van der Waals surface area contributed by atoms with Crippen LogP contribution in [0.25, 0.3) is 0 Å². The third-order valence-corrected chi connectivity index (χ3v) is 2.20. The van der Waals surface area contributed by atoms with Gasteiger partial charge >= 0.3 is 0 Å². The molecule has 1 unspecified atom stereocenters. The van der Waals surface area contributed by atoms with Crippen molar-refractivity contribution < 1.29 is 9.94 Å². The second kappa shape index (κ2) is 5.58. The lowest BCUT2D eigenvalue weighted by molar-refractivity contribution is 0.0927. The van der Waals surface area contributed by atoms with Crippen LogP contribution in [-0.4, -0.2) is 17.1 Å². The molecule has 1 atom stereocenters. The van der Waals surface area contributed by atoms with E-state index in [0.717, 1.165) is 5.56 Å². The fourth-order valence-corrected chi connectivity index (χ4v) is 1.09. The summed E-state index contributed by atoms with van der Waals surface area (Å²) in [6.07, 6.45) is -0.411. The predicted molar refractivity (Wildman–Crippen MR) is 59.1 cm³/mol. The molecule has 1 aromatic carbocycles. The van der Waals surface area contributed by atoms with Crippen LogP contribution in [0.15, 0.2) is 29.4 Å². The largest absolute Gasteiger partial charge is 0.409 e. The number of amidine groups is 1. The van der Waals surface area contributed by atoms with Crippen molar-refractivity contribution in [2.24, 2.45) is 10.9 Å². The molecule has 0 bridgehead atoms. The number of nitrogens with zero attached hydrogens (tertiary/aromatic N) is 1. The molecule has 15 heavy (non-hydrogen) atoms. The van der Waals surface area contributed by atoms with Crippen molar-refractivity contribution >= 4 is 17.4 Å². The zero-order chi connectivity index (χ0) is 11.3. The molecule has 1 aromatic rings. The average molecular weight is 229 g/mol. The number of benzene rings is 1. The molecule has 0 aliphatic heterocycles. The van der Waals surface area contributed by atoms with E-state index >= 15 is 0 Å². The molecular formula is C10H13ClN2O2. The van der Waals surface area contributed by atoms with Gasteiger partial charge in [-0.15, -0.1) is 0 Å². The summed E-state index contributed by atoms with van der Waals surface area (Å²) in [5, 5.41) is 12.0. The minimum atomic E-state index is -0.411. The molecule has 5 heteroatoms. The van der Waals surface area contributed by atoms with Crippen molar-refractivity contribution in [1.29, 1.82) is 0 Å². The van der Waals surface area contributed by atoms with Crippen LogP contribution >= 0.6 is 11.6 Å². The number of oxime groups is 1. The van der Waals surface area contributed by atoms with E-state index in [9.17, 15) is 0 Å². The molecule has 1 rings (SSSR count). The number of rotatable bonds is 4. The second-order valence-corrected chi connectivity index (χ2v) is 3.54. The lowest BCUT2D eigenvalue weighted by Crippen LogP contribution is -2.28. The van der Waals surface area contributed by atoms with Gasteiger partial charge in [0.15, 0.2) is 5.84 Å². The van der Waals surface area contributed by atoms with Crippen molar-refractivity contribution in [3.8, 4) is 0 Å². The highest BCUT2D eigenvalue weighted by Gasteiger charge is 2.07. The Hall–Kier alpha value is -1.26. The quantitative estimate of drug-likeness (QED) is 0.358. The Morgan fingerprint density at radius 1 is 1.53 bits per heavy atom. The Morgan fingerprint density at radius 3 is 2.67 bits per heavy atom. The zero-order valence-electron chi connectivity index (χ0n) is 8.35. The number of nitrogens with two attached hydrogens (primary N) is 1. The summed E-state index contributed by atoms with van der Waals surface area (Å²) in [5.74, 6) is 0.0592. The van der Waals surface area contributed by atoms with Crippen molar-refractivity contribution in [2.45, 2.75) is 19.6 Å². The van der Waals surface area contributed by atoms with E-state index in [2.05, 4.69) is 5.16 Å². The van der Waals surface area contributed by atoms with Gasteiger partial charge in [-0.2, -0.15) is 0 Å². The van der Waals surface area contributed by atoms with Crippen LogP contribution in [-0.2, 0) is 11.3 Å². The summed E-state index contributed by atoms with van der Waals surface area (Å²) in [7, 11) is 0. The van der Waals surface area contributed by atoms with Crippen LogP contribution in [0.5, 0.6) is 0 Å². The van der Waals surface area contributed by atoms with Crippen LogP contribution in [0, 0.1) is 0 Å². The maximum Gasteiger partial charge on any atom is 0.168 e. The first-order valence-corrected chi connectivity index (χ1v) is 4.84. The second-order valence-electron chi connectivity index (χ2n) is 3.10. The van der Waals surface area contributed by atoms with Crippen LogP contribution in [0.2, 0.25) is 5.02 Å². The van der Waals surface area contributed by atoms with E-state index < -0.39 is 6.10 Å². The van der Waals surface area contributed by atoms with Crippen molar-refractivity contribution in [2.75, 3.05) is 0 Å². The molecule has 0 saturated heterocycles. The molecule has 0 aliphatic carbocycles. The van der Waals surface area contributed by atoms with Gasteiger partial charge in [-0.25, -0.2) is 0 Å². The highest BCUT2D eigenvalue weighted by atomic mass is 35.5. The fourth-order valence-electron chi connectivity index (χ4n) is 0.969. The summed E-state index contributed by atoms with van der Waals surface area (Å²) in [4.78, 5) is 0. The van der Waals surface area contributed by atoms with Crippen molar-refractivity contribution in [3.05, 3.63) is 34.9 Å². The van der Waals surface area contributed by atoms with Crippen LogP contribution in [0.3, 0.4) is 0 Å². The van der Waals surface area contributed by atoms with Crippen molar-refractivity contribution in [1.82, 2.24) is 0 Å². The Kier molecular flexibility index (Phi) is 4.39. The number of hydrogen-bond donors (Lipinski definition) is 2. The maximum atomic E-state index is 8.40. The number of halogens is 1. The normalized spacial score (nSPS) is 13.9. The van der Waals surface area contributed by atoms with E-state index in [-0.39, 0.29) is 5.84 Å². The molecule has 0 fully saturated rings. The molecule has 4 nitrogen and oxygen atoms in total. The van der Waals surface area contributed by atoms with Gasteiger partial charge in [0.2, 0.25) is 0 Å². The van der Waals surface area contributed by atoms with Gasteiger partial charge in [0.25, 0.3) is 0 Å². The molecule has 82 valence electrons. The minimum absolute atomic E-state index is 0.0592. The highest BCUT2D eigenvalue weighted by molar-refractivity contribution is 6.30. The van der Waals surface area contributed by atoms with Gasteiger partial charge in [0.05, 0.1) is 6.61 Å². The molecule has 0 heterocycles.